The first-order valence-electron chi connectivity index (χ1n) is 5.51. The first-order valence-corrected chi connectivity index (χ1v) is 6.39. The largest absolute Gasteiger partial charge is 0.373 e. The number of hydrogen-bond donors (Lipinski definition) is 2. The molecule has 18 heavy (non-hydrogen) atoms. The molecular formula is C12H14N4OS. The van der Waals surface area contributed by atoms with Crippen molar-refractivity contribution in [2.75, 3.05) is 12.4 Å². The summed E-state index contributed by atoms with van der Waals surface area (Å²) >= 11 is 1.54. The Hall–Kier alpha value is -1.95. The average Bonchev–Trinajstić information content (AvgIpc) is 2.81. The van der Waals surface area contributed by atoms with Crippen LogP contribution in [0.2, 0.25) is 0 Å². The van der Waals surface area contributed by atoms with E-state index in [0.29, 0.717) is 12.1 Å². The highest BCUT2D eigenvalue weighted by Gasteiger charge is 2.07. The molecule has 2 aromatic heterocycles. The van der Waals surface area contributed by atoms with Gasteiger partial charge in [0, 0.05) is 18.1 Å². The lowest BCUT2D eigenvalue weighted by Crippen LogP contribution is -2.22. The van der Waals surface area contributed by atoms with Gasteiger partial charge in [0.05, 0.1) is 23.3 Å². The van der Waals surface area contributed by atoms with Crippen LogP contribution in [0.15, 0.2) is 23.8 Å². The fraction of sp³-hybridized carbons (Fsp3) is 0.250. The molecular weight excluding hydrogens is 248 g/mol. The molecule has 0 bridgehead atoms. The summed E-state index contributed by atoms with van der Waals surface area (Å²) in [6, 6.07) is 3.51. The smallest absolute Gasteiger partial charge is 0.253 e. The number of rotatable bonds is 4. The molecule has 0 fully saturated rings. The minimum absolute atomic E-state index is 0.127. The fourth-order valence-electron chi connectivity index (χ4n) is 1.43. The summed E-state index contributed by atoms with van der Waals surface area (Å²) in [5.74, 6) is 0.614. The van der Waals surface area contributed by atoms with E-state index in [-0.39, 0.29) is 5.91 Å². The molecule has 94 valence electrons. The number of thiazole rings is 1. The predicted octanol–water partition coefficient (Wildman–Crippen LogP) is 1.82. The first kappa shape index (κ1) is 12.5. The Balaban J connectivity index is 1.97. The molecule has 0 unspecified atom stereocenters. The Bertz CT molecular complexity index is 535. The predicted molar refractivity (Wildman–Crippen MR) is 71.8 cm³/mol. The number of pyridine rings is 1. The van der Waals surface area contributed by atoms with Crippen LogP contribution in [0.4, 0.5) is 5.82 Å². The van der Waals surface area contributed by atoms with Crippen molar-refractivity contribution < 1.29 is 4.79 Å². The van der Waals surface area contributed by atoms with Crippen LogP contribution in [0.5, 0.6) is 0 Å². The zero-order valence-electron chi connectivity index (χ0n) is 10.2. The van der Waals surface area contributed by atoms with Crippen LogP contribution >= 0.6 is 11.3 Å². The van der Waals surface area contributed by atoms with E-state index in [1.165, 1.54) is 0 Å². The molecule has 2 aromatic rings. The van der Waals surface area contributed by atoms with Gasteiger partial charge in [-0.1, -0.05) is 0 Å². The highest BCUT2D eigenvalue weighted by atomic mass is 32.1. The van der Waals surface area contributed by atoms with E-state index in [4.69, 9.17) is 0 Å². The maximum Gasteiger partial charge on any atom is 0.253 e. The van der Waals surface area contributed by atoms with Gasteiger partial charge in [0.2, 0.25) is 0 Å². The third kappa shape index (κ3) is 2.84. The summed E-state index contributed by atoms with van der Waals surface area (Å²) in [6.45, 7) is 2.43. The van der Waals surface area contributed by atoms with Crippen molar-refractivity contribution in [3.63, 3.8) is 0 Å². The molecule has 5 nitrogen and oxygen atoms in total. The molecule has 0 aliphatic rings. The Morgan fingerprint density at radius 2 is 2.22 bits per heavy atom. The quantitative estimate of drug-likeness (QED) is 0.882. The molecule has 0 saturated heterocycles. The van der Waals surface area contributed by atoms with Crippen LogP contribution in [0.3, 0.4) is 0 Å². The molecule has 2 heterocycles. The zero-order valence-corrected chi connectivity index (χ0v) is 11.0. The maximum absolute atomic E-state index is 11.9. The minimum atomic E-state index is -0.127. The van der Waals surface area contributed by atoms with Crippen LogP contribution < -0.4 is 10.6 Å². The topological polar surface area (TPSA) is 66.9 Å². The Morgan fingerprint density at radius 3 is 2.78 bits per heavy atom. The van der Waals surface area contributed by atoms with Gasteiger partial charge in [-0.2, -0.15) is 0 Å². The summed E-state index contributed by atoms with van der Waals surface area (Å²) in [7, 11) is 1.79. The number of hydrogen-bond acceptors (Lipinski definition) is 5. The van der Waals surface area contributed by atoms with Crippen molar-refractivity contribution in [3.05, 3.63) is 40.0 Å². The van der Waals surface area contributed by atoms with E-state index in [2.05, 4.69) is 20.6 Å². The van der Waals surface area contributed by atoms with Crippen molar-refractivity contribution in [2.45, 2.75) is 13.5 Å². The molecule has 1 amide bonds. The Kier molecular flexibility index (Phi) is 3.88. The van der Waals surface area contributed by atoms with Gasteiger partial charge in [-0.3, -0.25) is 4.79 Å². The lowest BCUT2D eigenvalue weighted by Gasteiger charge is -2.05. The highest BCUT2D eigenvalue weighted by molar-refractivity contribution is 7.09. The van der Waals surface area contributed by atoms with E-state index in [9.17, 15) is 4.79 Å². The van der Waals surface area contributed by atoms with Crippen LogP contribution in [0.25, 0.3) is 0 Å². The van der Waals surface area contributed by atoms with E-state index < -0.39 is 0 Å². The number of amides is 1. The fourth-order valence-corrected chi connectivity index (χ4v) is 2.15. The number of aromatic nitrogens is 2. The van der Waals surface area contributed by atoms with Gasteiger partial charge in [-0.05, 0) is 19.1 Å². The van der Waals surface area contributed by atoms with Crippen molar-refractivity contribution in [1.82, 2.24) is 15.3 Å². The number of anilines is 1. The molecule has 0 aromatic carbocycles. The van der Waals surface area contributed by atoms with Gasteiger partial charge in [-0.15, -0.1) is 11.3 Å². The summed E-state index contributed by atoms with van der Waals surface area (Å²) in [5.41, 5.74) is 3.29. The van der Waals surface area contributed by atoms with E-state index in [1.54, 1.807) is 42.2 Å². The molecule has 0 atom stereocenters. The molecule has 0 aliphatic heterocycles. The molecule has 0 aliphatic carbocycles. The molecule has 2 rings (SSSR count). The van der Waals surface area contributed by atoms with Gasteiger partial charge in [0.1, 0.15) is 5.82 Å². The first-order chi connectivity index (χ1) is 8.70. The third-order valence-electron chi connectivity index (χ3n) is 2.54. The maximum atomic E-state index is 11.9. The standard InChI is InChI=1S/C12H14N4OS/c1-8-10(18-7-16-8)6-15-12(17)9-3-4-11(13-2)14-5-9/h3-5,7H,6H2,1-2H3,(H,13,14)(H,15,17). The normalized spacial score (nSPS) is 10.1. The summed E-state index contributed by atoms with van der Waals surface area (Å²) in [6.07, 6.45) is 1.56. The summed E-state index contributed by atoms with van der Waals surface area (Å²) < 4.78 is 0. The number of aryl methyl sites for hydroxylation is 1. The second-order valence-electron chi connectivity index (χ2n) is 3.73. The van der Waals surface area contributed by atoms with Gasteiger partial charge in [-0.25, -0.2) is 9.97 Å². The monoisotopic (exact) mass is 262 g/mol. The molecule has 0 saturated carbocycles. The Labute approximate surface area is 109 Å². The number of carbonyl (C=O) groups is 1. The molecule has 0 radical (unpaired) electrons. The summed E-state index contributed by atoms with van der Waals surface area (Å²) in [4.78, 5) is 21.2. The van der Waals surface area contributed by atoms with Gasteiger partial charge in [0.25, 0.3) is 5.91 Å². The van der Waals surface area contributed by atoms with Crippen LogP contribution in [0, 0.1) is 6.92 Å². The van der Waals surface area contributed by atoms with Crippen molar-refractivity contribution in [2.24, 2.45) is 0 Å². The second-order valence-corrected chi connectivity index (χ2v) is 4.67. The number of nitrogens with one attached hydrogen (secondary N) is 2. The van der Waals surface area contributed by atoms with Gasteiger partial charge >= 0.3 is 0 Å². The average molecular weight is 262 g/mol. The molecule has 6 heteroatoms. The van der Waals surface area contributed by atoms with Crippen molar-refractivity contribution >= 4 is 23.1 Å². The number of carbonyl (C=O) groups excluding carboxylic acids is 1. The molecule has 2 N–H and O–H groups in total. The van der Waals surface area contributed by atoms with Crippen LogP contribution in [0.1, 0.15) is 20.9 Å². The van der Waals surface area contributed by atoms with Crippen LogP contribution in [-0.4, -0.2) is 22.9 Å². The highest BCUT2D eigenvalue weighted by Crippen LogP contribution is 2.11. The lowest BCUT2D eigenvalue weighted by atomic mass is 10.2. The minimum Gasteiger partial charge on any atom is -0.373 e. The van der Waals surface area contributed by atoms with Gasteiger partial charge < -0.3 is 10.6 Å². The van der Waals surface area contributed by atoms with E-state index in [1.807, 2.05) is 6.92 Å². The van der Waals surface area contributed by atoms with E-state index in [0.717, 1.165) is 16.4 Å². The van der Waals surface area contributed by atoms with Gasteiger partial charge in [0.15, 0.2) is 0 Å². The Morgan fingerprint density at radius 1 is 1.39 bits per heavy atom. The second kappa shape index (κ2) is 5.59. The zero-order chi connectivity index (χ0) is 13.0. The van der Waals surface area contributed by atoms with Crippen molar-refractivity contribution in [3.8, 4) is 0 Å². The molecule has 0 spiro atoms. The van der Waals surface area contributed by atoms with E-state index >= 15 is 0 Å². The SMILES string of the molecule is CNc1ccc(C(=O)NCc2scnc2C)cn1. The van der Waals surface area contributed by atoms with Crippen LogP contribution in [-0.2, 0) is 6.54 Å². The van der Waals surface area contributed by atoms with Crippen molar-refractivity contribution in [1.29, 1.82) is 0 Å². The third-order valence-corrected chi connectivity index (χ3v) is 3.47. The lowest BCUT2D eigenvalue weighted by molar-refractivity contribution is 0.0951. The summed E-state index contributed by atoms with van der Waals surface area (Å²) in [5, 5.41) is 5.76. The number of nitrogens with zero attached hydrogens (tertiary/aromatic N) is 2.